The van der Waals surface area contributed by atoms with E-state index in [1.165, 1.54) is 57.8 Å². The van der Waals surface area contributed by atoms with Gasteiger partial charge in [-0.15, -0.1) is 0 Å². The second-order valence-electron chi connectivity index (χ2n) is 14.3. The monoisotopic (exact) mass is 440 g/mol. The number of esters is 1. The first kappa shape index (κ1) is 22.0. The van der Waals surface area contributed by atoms with E-state index in [-0.39, 0.29) is 17.5 Å². The Balaban J connectivity index is 1.21. The minimum Gasteiger partial charge on any atom is -0.459 e. The van der Waals surface area contributed by atoms with Gasteiger partial charge in [0.1, 0.15) is 5.60 Å². The smallest absolute Gasteiger partial charge is 0.309 e. The van der Waals surface area contributed by atoms with E-state index in [0.29, 0.717) is 5.92 Å². The highest BCUT2D eigenvalue weighted by atomic mass is 16.6. The van der Waals surface area contributed by atoms with Gasteiger partial charge in [-0.25, -0.2) is 0 Å². The van der Waals surface area contributed by atoms with E-state index in [0.717, 1.165) is 71.5 Å². The molecule has 0 saturated heterocycles. The first-order valence-corrected chi connectivity index (χ1v) is 14.5. The molecule has 32 heavy (non-hydrogen) atoms. The van der Waals surface area contributed by atoms with Gasteiger partial charge < -0.3 is 4.74 Å². The second-order valence-corrected chi connectivity index (χ2v) is 14.3. The SMILES string of the molecule is CCC(C)[C@@H](C(C)C)C1CC(C)C2C3CC(C(=O)OC45CC6CC(CC(C6)C4)C5)C(C3)C21. The summed E-state index contributed by atoms with van der Waals surface area (Å²) in [5, 5.41) is 0. The van der Waals surface area contributed by atoms with Crippen LogP contribution >= 0.6 is 0 Å². The number of hydrogen-bond donors (Lipinski definition) is 0. The van der Waals surface area contributed by atoms with E-state index in [1.54, 1.807) is 0 Å². The Morgan fingerprint density at radius 1 is 0.906 bits per heavy atom. The lowest BCUT2D eigenvalue weighted by Crippen LogP contribution is -2.53. The van der Waals surface area contributed by atoms with E-state index in [1.807, 2.05) is 0 Å². The van der Waals surface area contributed by atoms with Crippen LogP contribution in [0.15, 0.2) is 0 Å². The third-order valence-corrected chi connectivity index (χ3v) is 12.1. The highest BCUT2D eigenvalue weighted by Crippen LogP contribution is 2.67. The topological polar surface area (TPSA) is 26.3 Å². The summed E-state index contributed by atoms with van der Waals surface area (Å²) in [6, 6.07) is 0. The van der Waals surface area contributed by atoms with Crippen molar-refractivity contribution >= 4 is 5.97 Å². The molecule has 7 saturated carbocycles. The lowest BCUT2D eigenvalue weighted by Gasteiger charge is -2.56. The normalized spacial score (nSPS) is 52.4. The van der Waals surface area contributed by atoms with Crippen molar-refractivity contribution in [3.8, 4) is 0 Å². The maximum Gasteiger partial charge on any atom is 0.309 e. The summed E-state index contributed by atoms with van der Waals surface area (Å²) >= 11 is 0. The van der Waals surface area contributed by atoms with Crippen molar-refractivity contribution in [2.45, 2.75) is 104 Å². The molecule has 9 atom stereocenters. The van der Waals surface area contributed by atoms with Gasteiger partial charge in [0.2, 0.25) is 0 Å². The van der Waals surface area contributed by atoms with Crippen LogP contribution in [0.3, 0.4) is 0 Å². The van der Waals surface area contributed by atoms with Crippen LogP contribution in [-0.2, 0) is 9.53 Å². The van der Waals surface area contributed by atoms with Crippen LogP contribution in [0.1, 0.15) is 98.8 Å². The Morgan fingerprint density at radius 2 is 1.53 bits per heavy atom. The molecule has 7 rings (SSSR count). The number of carbonyl (C=O) groups is 1. The number of rotatable bonds is 6. The molecular formula is C30H48O2. The van der Waals surface area contributed by atoms with E-state index in [9.17, 15) is 4.79 Å². The summed E-state index contributed by atoms with van der Waals surface area (Å²) in [5.74, 6) is 10.1. The molecular weight excluding hydrogens is 392 g/mol. The average molecular weight is 441 g/mol. The molecule has 7 aliphatic rings. The predicted molar refractivity (Wildman–Crippen MR) is 129 cm³/mol. The number of fused-ring (bicyclic) bond motifs is 5. The molecule has 6 bridgehead atoms. The first-order chi connectivity index (χ1) is 15.3. The Labute approximate surface area is 197 Å². The van der Waals surface area contributed by atoms with Crippen LogP contribution < -0.4 is 0 Å². The average Bonchev–Trinajstić information content (AvgIpc) is 3.39. The maximum absolute atomic E-state index is 13.8. The van der Waals surface area contributed by atoms with Gasteiger partial charge in [0.05, 0.1) is 5.92 Å². The third kappa shape index (κ3) is 3.27. The lowest BCUT2D eigenvalue weighted by molar-refractivity contribution is -0.193. The van der Waals surface area contributed by atoms with Gasteiger partial charge in [0.15, 0.2) is 0 Å². The molecule has 0 aromatic heterocycles. The summed E-state index contributed by atoms with van der Waals surface area (Å²) in [7, 11) is 0. The predicted octanol–water partition coefficient (Wildman–Crippen LogP) is 7.36. The van der Waals surface area contributed by atoms with Gasteiger partial charge in [0, 0.05) is 0 Å². The molecule has 0 amide bonds. The Bertz CT molecular complexity index is 704. The van der Waals surface area contributed by atoms with E-state index >= 15 is 0 Å². The number of hydrogen-bond acceptors (Lipinski definition) is 2. The van der Waals surface area contributed by atoms with Gasteiger partial charge >= 0.3 is 5.97 Å². The van der Waals surface area contributed by atoms with Crippen molar-refractivity contribution in [1.82, 2.24) is 0 Å². The summed E-state index contributed by atoms with van der Waals surface area (Å²) in [6.45, 7) is 12.3. The summed E-state index contributed by atoms with van der Waals surface area (Å²) in [6.07, 6.45) is 13.0. The molecule has 0 aromatic rings. The minimum absolute atomic E-state index is 0.0629. The van der Waals surface area contributed by atoms with Crippen LogP contribution in [0.5, 0.6) is 0 Å². The largest absolute Gasteiger partial charge is 0.459 e. The van der Waals surface area contributed by atoms with E-state index in [4.69, 9.17) is 4.74 Å². The second kappa shape index (κ2) is 7.74. The maximum atomic E-state index is 13.8. The fourth-order valence-electron chi connectivity index (χ4n) is 11.6. The highest BCUT2D eigenvalue weighted by molar-refractivity contribution is 5.74. The molecule has 0 aliphatic heterocycles. The van der Waals surface area contributed by atoms with Crippen molar-refractivity contribution in [3.63, 3.8) is 0 Å². The van der Waals surface area contributed by atoms with Gasteiger partial charge in [-0.2, -0.15) is 0 Å². The molecule has 0 radical (unpaired) electrons. The van der Waals surface area contributed by atoms with Crippen LogP contribution in [0.25, 0.3) is 0 Å². The van der Waals surface area contributed by atoms with Crippen molar-refractivity contribution in [3.05, 3.63) is 0 Å². The molecule has 2 nitrogen and oxygen atoms in total. The molecule has 7 fully saturated rings. The molecule has 0 spiro atoms. The summed E-state index contributed by atoms with van der Waals surface area (Å²) in [5.41, 5.74) is -0.0629. The van der Waals surface area contributed by atoms with Crippen molar-refractivity contribution in [1.29, 1.82) is 0 Å². The molecule has 180 valence electrons. The van der Waals surface area contributed by atoms with Crippen molar-refractivity contribution in [2.24, 2.45) is 76.9 Å². The zero-order valence-electron chi connectivity index (χ0n) is 21.4. The van der Waals surface area contributed by atoms with Crippen LogP contribution in [-0.4, -0.2) is 11.6 Å². The van der Waals surface area contributed by atoms with Gasteiger partial charge in [-0.3, -0.25) is 4.79 Å². The van der Waals surface area contributed by atoms with Crippen LogP contribution in [0.4, 0.5) is 0 Å². The standard InChI is InChI=1S/C30H48O2/c1-6-17(4)26(16(2)3)25-7-18(5)27-22-11-23(28(25)27)24(12-22)29(31)32-30-13-19-8-20(14-30)10-21(9-19)15-30/h16-28H,6-15H2,1-5H3/t17?,18?,19?,20?,21?,22?,23?,24?,25?,26-,27?,28?,30?/m1/s1. The molecule has 8 unspecified atom stereocenters. The van der Waals surface area contributed by atoms with E-state index in [2.05, 4.69) is 34.6 Å². The molecule has 2 heteroatoms. The first-order valence-electron chi connectivity index (χ1n) is 14.5. The Hall–Kier alpha value is -0.530. The molecule has 7 aliphatic carbocycles. The quantitative estimate of drug-likeness (QED) is 0.403. The summed E-state index contributed by atoms with van der Waals surface area (Å²) in [4.78, 5) is 13.8. The Kier molecular flexibility index (Phi) is 5.31. The van der Waals surface area contributed by atoms with Crippen molar-refractivity contribution in [2.75, 3.05) is 0 Å². The third-order valence-electron chi connectivity index (χ3n) is 12.1. The lowest BCUT2D eigenvalue weighted by atomic mass is 9.54. The van der Waals surface area contributed by atoms with Gasteiger partial charge in [-0.05, 0) is 129 Å². The fourth-order valence-corrected chi connectivity index (χ4v) is 11.6. The van der Waals surface area contributed by atoms with Crippen LogP contribution in [0.2, 0.25) is 0 Å². The van der Waals surface area contributed by atoms with Crippen molar-refractivity contribution < 1.29 is 9.53 Å². The Morgan fingerprint density at radius 3 is 2.09 bits per heavy atom. The number of carbonyl (C=O) groups excluding carboxylic acids is 1. The molecule has 0 heterocycles. The molecule has 0 N–H and O–H groups in total. The van der Waals surface area contributed by atoms with Crippen LogP contribution in [0, 0.1) is 76.9 Å². The summed E-state index contributed by atoms with van der Waals surface area (Å²) < 4.78 is 6.64. The fraction of sp³-hybridized carbons (Fsp3) is 0.967. The van der Waals surface area contributed by atoms with Gasteiger partial charge in [0.25, 0.3) is 0 Å². The van der Waals surface area contributed by atoms with Gasteiger partial charge in [-0.1, -0.05) is 41.0 Å². The highest BCUT2D eigenvalue weighted by Gasteiger charge is 2.63. The zero-order chi connectivity index (χ0) is 22.4. The zero-order valence-corrected chi connectivity index (χ0v) is 21.4. The van der Waals surface area contributed by atoms with E-state index < -0.39 is 0 Å². The minimum atomic E-state index is -0.0629. The number of ether oxygens (including phenoxy) is 1. The molecule has 0 aromatic carbocycles.